The maximum Gasteiger partial charge on any atom is 0.278 e. The molecule has 0 bridgehead atoms. The fourth-order valence-electron chi connectivity index (χ4n) is 4.26. The third-order valence-electron chi connectivity index (χ3n) is 6.20. The molecule has 6 rings (SSSR count). The van der Waals surface area contributed by atoms with Crippen LogP contribution in [0.2, 0.25) is 0 Å². The molecule has 0 N–H and O–H groups in total. The van der Waals surface area contributed by atoms with Gasteiger partial charge in [-0.15, -0.1) is 0 Å². The summed E-state index contributed by atoms with van der Waals surface area (Å²) >= 11 is 0. The first-order chi connectivity index (χ1) is 18.2. The fourth-order valence-corrected chi connectivity index (χ4v) is 4.26. The summed E-state index contributed by atoms with van der Waals surface area (Å²) in [6.45, 7) is 4.19. The molecule has 0 fully saturated rings. The molecule has 8 heteroatoms. The number of aromatic nitrogens is 4. The van der Waals surface area contributed by atoms with Crippen LogP contribution in [0.3, 0.4) is 0 Å². The molecule has 0 amide bonds. The predicted octanol–water partition coefficient (Wildman–Crippen LogP) is 5.85. The van der Waals surface area contributed by atoms with Crippen LogP contribution in [0.15, 0.2) is 89.5 Å². The van der Waals surface area contributed by atoms with Crippen LogP contribution in [0.4, 0.5) is 0 Å². The largest absolute Gasteiger partial charge is 0.494 e. The number of nitrogens with zero attached hydrogens (tertiary/aromatic N) is 4. The maximum absolute atomic E-state index is 6.09. The van der Waals surface area contributed by atoms with Gasteiger partial charge in [0.25, 0.3) is 5.89 Å². The summed E-state index contributed by atoms with van der Waals surface area (Å²) in [6, 6.07) is 27.7. The molecule has 1 aliphatic heterocycles. The topological polar surface area (TPSA) is 84.4 Å². The first-order valence-electron chi connectivity index (χ1n) is 12.3. The van der Waals surface area contributed by atoms with E-state index in [9.17, 15) is 0 Å². The molecule has 1 atom stereocenters. The van der Waals surface area contributed by atoms with Gasteiger partial charge in [-0.3, -0.25) is 4.68 Å². The highest BCUT2D eigenvalue weighted by Crippen LogP contribution is 2.30. The van der Waals surface area contributed by atoms with Gasteiger partial charge in [0.15, 0.2) is 5.69 Å². The second kappa shape index (κ2) is 10.3. The standard InChI is InChI=1S/C29H26N4O4/c1-2-34-24-12-8-21(9-13-24)27-17-33-23(19-36-27)16-26(31-33)29-30-28(32-37-29)22-10-14-25(15-11-22)35-18-20-6-4-3-5-7-20/h3-16,27H,2,17-19H2,1H3/t27-/m1/s1. The first kappa shape index (κ1) is 23.0. The summed E-state index contributed by atoms with van der Waals surface area (Å²) in [5.74, 6) is 2.50. The maximum atomic E-state index is 6.09. The fraction of sp³-hybridized carbons (Fsp3) is 0.207. The van der Waals surface area contributed by atoms with Crippen LogP contribution in [0, 0.1) is 0 Å². The lowest BCUT2D eigenvalue weighted by atomic mass is 10.1. The minimum Gasteiger partial charge on any atom is -0.494 e. The van der Waals surface area contributed by atoms with E-state index in [0.29, 0.717) is 43.8 Å². The smallest absolute Gasteiger partial charge is 0.278 e. The van der Waals surface area contributed by atoms with E-state index in [-0.39, 0.29) is 6.10 Å². The van der Waals surface area contributed by atoms with Crippen LogP contribution in [0.25, 0.3) is 23.0 Å². The summed E-state index contributed by atoms with van der Waals surface area (Å²) in [4.78, 5) is 4.57. The molecule has 3 aromatic carbocycles. The monoisotopic (exact) mass is 494 g/mol. The van der Waals surface area contributed by atoms with Gasteiger partial charge in [-0.05, 0) is 60.5 Å². The van der Waals surface area contributed by atoms with Crippen molar-refractivity contribution in [3.63, 3.8) is 0 Å². The first-order valence-corrected chi connectivity index (χ1v) is 12.3. The van der Waals surface area contributed by atoms with E-state index in [1.165, 1.54) is 0 Å². The lowest BCUT2D eigenvalue weighted by molar-refractivity contribution is -0.00115. The number of benzene rings is 3. The Morgan fingerprint density at radius 1 is 0.919 bits per heavy atom. The van der Waals surface area contributed by atoms with Gasteiger partial charge in [-0.25, -0.2) is 0 Å². The SMILES string of the molecule is CCOc1ccc([C@H]2Cn3nc(-c4nc(-c5ccc(OCc6ccccc6)cc5)no4)cc3CO2)cc1. The summed E-state index contributed by atoms with van der Waals surface area (Å²) < 4.78 is 25.0. The number of ether oxygens (including phenoxy) is 3. The lowest BCUT2D eigenvalue weighted by Gasteiger charge is -2.24. The van der Waals surface area contributed by atoms with Gasteiger partial charge in [0.05, 0.1) is 25.5 Å². The molecule has 186 valence electrons. The van der Waals surface area contributed by atoms with Crippen molar-refractivity contribution in [2.45, 2.75) is 32.8 Å². The van der Waals surface area contributed by atoms with Gasteiger partial charge in [0.2, 0.25) is 5.82 Å². The molecular weight excluding hydrogens is 468 g/mol. The molecule has 37 heavy (non-hydrogen) atoms. The Kier molecular flexibility index (Phi) is 6.39. The van der Waals surface area contributed by atoms with E-state index < -0.39 is 0 Å². The molecule has 8 nitrogen and oxygen atoms in total. The predicted molar refractivity (Wildman–Crippen MR) is 137 cm³/mol. The van der Waals surface area contributed by atoms with Crippen molar-refractivity contribution in [2.75, 3.05) is 6.61 Å². The molecule has 0 unspecified atom stereocenters. The highest BCUT2D eigenvalue weighted by atomic mass is 16.5. The van der Waals surface area contributed by atoms with Crippen molar-refractivity contribution in [1.29, 1.82) is 0 Å². The van der Waals surface area contributed by atoms with Crippen LogP contribution in [0.5, 0.6) is 11.5 Å². The van der Waals surface area contributed by atoms with Crippen LogP contribution in [-0.2, 0) is 24.5 Å². The summed E-state index contributed by atoms with van der Waals surface area (Å²) in [7, 11) is 0. The third-order valence-corrected chi connectivity index (χ3v) is 6.20. The minimum absolute atomic E-state index is 0.0863. The highest BCUT2D eigenvalue weighted by molar-refractivity contribution is 5.59. The Hall–Kier alpha value is -4.43. The van der Waals surface area contributed by atoms with E-state index in [1.807, 2.05) is 96.5 Å². The normalized spacial score (nSPS) is 14.8. The van der Waals surface area contributed by atoms with Crippen molar-refractivity contribution < 1.29 is 18.7 Å². The summed E-state index contributed by atoms with van der Waals surface area (Å²) in [5.41, 5.74) is 4.64. The Balaban J connectivity index is 1.12. The molecule has 0 saturated carbocycles. The lowest BCUT2D eigenvalue weighted by Crippen LogP contribution is -2.21. The summed E-state index contributed by atoms with van der Waals surface area (Å²) in [6.07, 6.45) is -0.0863. The third kappa shape index (κ3) is 5.10. The van der Waals surface area contributed by atoms with E-state index in [4.69, 9.17) is 23.8 Å². The van der Waals surface area contributed by atoms with Crippen molar-refractivity contribution >= 4 is 0 Å². The molecular formula is C29H26N4O4. The van der Waals surface area contributed by atoms with Gasteiger partial charge in [0, 0.05) is 5.56 Å². The van der Waals surface area contributed by atoms with Gasteiger partial charge < -0.3 is 18.7 Å². The van der Waals surface area contributed by atoms with Crippen LogP contribution < -0.4 is 9.47 Å². The number of rotatable bonds is 8. The van der Waals surface area contributed by atoms with Crippen LogP contribution in [-0.4, -0.2) is 26.5 Å². The molecule has 0 spiro atoms. The van der Waals surface area contributed by atoms with E-state index in [0.717, 1.165) is 33.9 Å². The van der Waals surface area contributed by atoms with Crippen molar-refractivity contribution in [3.8, 4) is 34.5 Å². The van der Waals surface area contributed by atoms with E-state index in [1.54, 1.807) is 0 Å². The Morgan fingerprint density at radius 3 is 2.46 bits per heavy atom. The second-order valence-electron chi connectivity index (χ2n) is 8.73. The van der Waals surface area contributed by atoms with E-state index in [2.05, 4.69) is 10.1 Å². The zero-order chi connectivity index (χ0) is 25.0. The van der Waals surface area contributed by atoms with Crippen molar-refractivity contribution in [2.24, 2.45) is 0 Å². The average molecular weight is 495 g/mol. The van der Waals surface area contributed by atoms with Crippen LogP contribution in [0.1, 0.15) is 29.8 Å². The second-order valence-corrected chi connectivity index (χ2v) is 8.73. The minimum atomic E-state index is -0.0863. The van der Waals surface area contributed by atoms with Gasteiger partial charge in [-0.2, -0.15) is 10.1 Å². The molecule has 0 radical (unpaired) electrons. The van der Waals surface area contributed by atoms with Crippen molar-refractivity contribution in [3.05, 3.63) is 102 Å². The molecule has 5 aromatic rings. The number of hydrogen-bond donors (Lipinski definition) is 0. The Bertz CT molecular complexity index is 1460. The number of hydrogen-bond acceptors (Lipinski definition) is 7. The zero-order valence-electron chi connectivity index (χ0n) is 20.4. The molecule has 0 aliphatic carbocycles. The Labute approximate surface area is 214 Å². The highest BCUT2D eigenvalue weighted by Gasteiger charge is 2.24. The zero-order valence-corrected chi connectivity index (χ0v) is 20.4. The van der Waals surface area contributed by atoms with Gasteiger partial charge in [-0.1, -0.05) is 47.6 Å². The average Bonchev–Trinajstić information content (AvgIpc) is 3.61. The molecule has 3 heterocycles. The molecule has 0 saturated heterocycles. The quantitative estimate of drug-likeness (QED) is 0.268. The number of fused-ring (bicyclic) bond motifs is 1. The summed E-state index contributed by atoms with van der Waals surface area (Å²) in [5, 5.41) is 8.87. The molecule has 2 aromatic heterocycles. The van der Waals surface area contributed by atoms with E-state index >= 15 is 0 Å². The Morgan fingerprint density at radius 2 is 1.68 bits per heavy atom. The van der Waals surface area contributed by atoms with Crippen molar-refractivity contribution in [1.82, 2.24) is 19.9 Å². The molecule has 1 aliphatic rings. The van der Waals surface area contributed by atoms with Crippen LogP contribution >= 0.6 is 0 Å². The van der Waals surface area contributed by atoms with Gasteiger partial charge >= 0.3 is 0 Å². The van der Waals surface area contributed by atoms with Gasteiger partial charge in [0.1, 0.15) is 24.2 Å².